The Hall–Kier alpha value is -1.60. The van der Waals surface area contributed by atoms with Gasteiger partial charge in [-0.3, -0.25) is 0 Å². The zero-order valence-corrected chi connectivity index (χ0v) is 16.0. The molecule has 0 spiro atoms. The first-order chi connectivity index (χ1) is 12.4. The summed E-state index contributed by atoms with van der Waals surface area (Å²) in [5.41, 5.74) is 5.77. The molecule has 7 heteroatoms. The van der Waals surface area contributed by atoms with Crippen molar-refractivity contribution in [2.45, 2.75) is 30.6 Å². The summed E-state index contributed by atoms with van der Waals surface area (Å²) in [6.07, 6.45) is 4.16. The lowest BCUT2D eigenvalue weighted by Crippen LogP contribution is -2.40. The van der Waals surface area contributed by atoms with Gasteiger partial charge < -0.3 is 10.5 Å². The number of nitrogens with two attached hydrogens (primary N) is 1. The molecule has 1 saturated carbocycles. The van der Waals surface area contributed by atoms with Gasteiger partial charge in [0.2, 0.25) is 10.0 Å². The molecule has 0 aliphatic heterocycles. The molecule has 2 aromatic carbocycles. The highest BCUT2D eigenvalue weighted by molar-refractivity contribution is 7.89. The maximum atomic E-state index is 12.5. The number of halogens is 1. The van der Waals surface area contributed by atoms with E-state index in [4.69, 9.17) is 22.1 Å². The van der Waals surface area contributed by atoms with E-state index < -0.39 is 10.0 Å². The van der Waals surface area contributed by atoms with Crippen LogP contribution in [-0.2, 0) is 10.0 Å². The largest absolute Gasteiger partial charge is 0.457 e. The quantitative estimate of drug-likeness (QED) is 0.745. The van der Waals surface area contributed by atoms with Crippen molar-refractivity contribution in [3.8, 4) is 11.5 Å². The minimum Gasteiger partial charge on any atom is -0.457 e. The van der Waals surface area contributed by atoms with Crippen LogP contribution in [0.2, 0.25) is 5.02 Å². The molecule has 1 aliphatic rings. The molecule has 0 heterocycles. The second-order valence-corrected chi connectivity index (χ2v) is 8.97. The Labute approximate surface area is 159 Å². The molecule has 0 aromatic heterocycles. The maximum Gasteiger partial charge on any atom is 0.240 e. The van der Waals surface area contributed by atoms with Crippen LogP contribution in [0.4, 0.5) is 0 Å². The van der Waals surface area contributed by atoms with Crippen LogP contribution >= 0.6 is 11.6 Å². The summed E-state index contributed by atoms with van der Waals surface area (Å²) in [6.45, 7) is 0.887. The van der Waals surface area contributed by atoms with E-state index in [0.29, 0.717) is 29.6 Å². The number of sulfonamides is 1. The molecule has 0 unspecified atom stereocenters. The fourth-order valence-electron chi connectivity index (χ4n) is 3.24. The summed E-state index contributed by atoms with van der Waals surface area (Å²) in [5.74, 6) is 1.19. The van der Waals surface area contributed by atoms with Gasteiger partial charge in [0, 0.05) is 11.6 Å². The van der Waals surface area contributed by atoms with Crippen molar-refractivity contribution >= 4 is 21.6 Å². The molecule has 3 rings (SSSR count). The van der Waals surface area contributed by atoms with E-state index >= 15 is 0 Å². The third-order valence-electron chi connectivity index (χ3n) is 4.92. The fourth-order valence-corrected chi connectivity index (χ4v) is 4.52. The average molecular weight is 395 g/mol. The highest BCUT2D eigenvalue weighted by Gasteiger charge is 2.33. The van der Waals surface area contributed by atoms with Gasteiger partial charge in [-0.2, -0.15) is 0 Å². The molecule has 1 aliphatic carbocycles. The van der Waals surface area contributed by atoms with Gasteiger partial charge in [-0.05, 0) is 73.3 Å². The molecule has 0 atom stereocenters. The van der Waals surface area contributed by atoms with Crippen LogP contribution in [0.25, 0.3) is 0 Å². The first-order valence-electron chi connectivity index (χ1n) is 8.66. The monoisotopic (exact) mass is 394 g/mol. The Morgan fingerprint density at radius 1 is 1.00 bits per heavy atom. The zero-order chi connectivity index (χ0) is 18.6. The van der Waals surface area contributed by atoms with Crippen molar-refractivity contribution in [2.24, 2.45) is 11.1 Å². The number of hydrogen-bond acceptors (Lipinski definition) is 4. The van der Waals surface area contributed by atoms with Crippen LogP contribution in [0, 0.1) is 5.41 Å². The third-order valence-corrected chi connectivity index (χ3v) is 6.59. The second-order valence-electron chi connectivity index (χ2n) is 6.76. The van der Waals surface area contributed by atoms with Crippen molar-refractivity contribution in [2.75, 3.05) is 13.1 Å². The normalized spacial score (nSPS) is 16.5. The van der Waals surface area contributed by atoms with E-state index in [2.05, 4.69) is 4.72 Å². The summed E-state index contributed by atoms with van der Waals surface area (Å²) in [5, 5.41) is 0.627. The summed E-state index contributed by atoms with van der Waals surface area (Å²) in [4.78, 5) is 0.214. The van der Waals surface area contributed by atoms with Crippen LogP contribution in [0.3, 0.4) is 0 Å². The van der Waals surface area contributed by atoms with Gasteiger partial charge in [0.05, 0.1) is 4.90 Å². The molecule has 1 fully saturated rings. The second kappa shape index (κ2) is 7.96. The average Bonchev–Trinajstić information content (AvgIpc) is 3.12. The highest BCUT2D eigenvalue weighted by Crippen LogP contribution is 2.36. The molecule has 3 N–H and O–H groups in total. The molecule has 140 valence electrons. The molecule has 0 bridgehead atoms. The lowest BCUT2D eigenvalue weighted by Gasteiger charge is -2.27. The smallest absolute Gasteiger partial charge is 0.240 e. The van der Waals surface area contributed by atoms with Gasteiger partial charge in [0.1, 0.15) is 11.5 Å². The van der Waals surface area contributed by atoms with Gasteiger partial charge in [-0.25, -0.2) is 13.1 Å². The van der Waals surface area contributed by atoms with E-state index in [9.17, 15) is 8.42 Å². The first kappa shape index (κ1) is 19.2. The van der Waals surface area contributed by atoms with Crippen LogP contribution in [0.1, 0.15) is 25.7 Å². The Morgan fingerprint density at radius 3 is 2.08 bits per heavy atom. The number of nitrogens with one attached hydrogen (secondary N) is 1. The van der Waals surface area contributed by atoms with Crippen LogP contribution in [0.15, 0.2) is 53.4 Å². The predicted octanol–water partition coefficient (Wildman–Crippen LogP) is 3.93. The van der Waals surface area contributed by atoms with Gasteiger partial charge in [0.25, 0.3) is 0 Å². The minimum absolute atomic E-state index is 0.106. The van der Waals surface area contributed by atoms with Crippen LogP contribution < -0.4 is 15.2 Å². The van der Waals surface area contributed by atoms with E-state index in [1.807, 2.05) is 0 Å². The Morgan fingerprint density at radius 2 is 1.54 bits per heavy atom. The van der Waals surface area contributed by atoms with Gasteiger partial charge in [-0.15, -0.1) is 0 Å². The molecular formula is C19H23ClN2O3S. The van der Waals surface area contributed by atoms with Gasteiger partial charge in [0.15, 0.2) is 0 Å². The molecule has 0 saturated heterocycles. The highest BCUT2D eigenvalue weighted by atomic mass is 35.5. The van der Waals surface area contributed by atoms with Crippen molar-refractivity contribution in [1.82, 2.24) is 4.72 Å². The molecule has 2 aromatic rings. The van der Waals surface area contributed by atoms with E-state index in [1.54, 1.807) is 36.4 Å². The van der Waals surface area contributed by atoms with Crippen molar-refractivity contribution < 1.29 is 13.2 Å². The topological polar surface area (TPSA) is 81.4 Å². The first-order valence-corrected chi connectivity index (χ1v) is 10.5. The number of benzene rings is 2. The fraction of sp³-hybridized carbons (Fsp3) is 0.368. The lowest BCUT2D eigenvalue weighted by molar-refractivity contribution is 0.309. The van der Waals surface area contributed by atoms with Crippen molar-refractivity contribution in [1.29, 1.82) is 0 Å². The zero-order valence-electron chi connectivity index (χ0n) is 14.4. The van der Waals surface area contributed by atoms with Gasteiger partial charge in [-0.1, -0.05) is 24.4 Å². The maximum absolute atomic E-state index is 12.5. The standard InChI is InChI=1S/C19H23ClN2O3S/c20-15-3-5-16(6-4-15)25-17-7-9-18(10-8-17)26(23,24)22-14-19(13-21)11-1-2-12-19/h3-10,22H,1-2,11-14,21H2. The number of rotatable bonds is 7. The Balaban J connectivity index is 1.65. The summed E-state index contributed by atoms with van der Waals surface area (Å²) >= 11 is 5.85. The molecule has 26 heavy (non-hydrogen) atoms. The SMILES string of the molecule is NCC1(CNS(=O)(=O)c2ccc(Oc3ccc(Cl)cc3)cc2)CCCC1. The third kappa shape index (κ3) is 4.57. The Bertz CT molecular complexity index is 830. The van der Waals surface area contributed by atoms with Crippen molar-refractivity contribution in [3.05, 3.63) is 53.6 Å². The molecule has 5 nitrogen and oxygen atoms in total. The summed E-state index contributed by atoms with van der Waals surface area (Å²) in [7, 11) is -3.57. The molecule has 0 amide bonds. The van der Waals surface area contributed by atoms with E-state index in [-0.39, 0.29) is 10.3 Å². The van der Waals surface area contributed by atoms with E-state index in [1.165, 1.54) is 12.1 Å². The Kier molecular flexibility index (Phi) is 5.87. The predicted molar refractivity (Wildman–Crippen MR) is 103 cm³/mol. The number of ether oxygens (including phenoxy) is 1. The van der Waals surface area contributed by atoms with Crippen LogP contribution in [-0.4, -0.2) is 21.5 Å². The van der Waals surface area contributed by atoms with Crippen molar-refractivity contribution in [3.63, 3.8) is 0 Å². The van der Waals surface area contributed by atoms with Crippen LogP contribution in [0.5, 0.6) is 11.5 Å². The molecule has 0 radical (unpaired) electrons. The summed E-state index contributed by atoms with van der Waals surface area (Å²) < 4.78 is 33.5. The minimum atomic E-state index is -3.57. The number of hydrogen-bond donors (Lipinski definition) is 2. The molecular weight excluding hydrogens is 372 g/mol. The van der Waals surface area contributed by atoms with E-state index in [0.717, 1.165) is 25.7 Å². The van der Waals surface area contributed by atoms with Gasteiger partial charge >= 0.3 is 0 Å². The summed E-state index contributed by atoms with van der Waals surface area (Å²) in [6, 6.07) is 13.3. The lowest BCUT2D eigenvalue weighted by atomic mass is 9.87.